The summed E-state index contributed by atoms with van der Waals surface area (Å²) in [4.78, 5) is 12.7. The summed E-state index contributed by atoms with van der Waals surface area (Å²) in [6.45, 7) is 5.44. The summed E-state index contributed by atoms with van der Waals surface area (Å²) in [5.74, 6) is 0.907. The van der Waals surface area contributed by atoms with E-state index in [1.807, 2.05) is 13.8 Å². The zero-order valence-electron chi connectivity index (χ0n) is 18.3. The van der Waals surface area contributed by atoms with Crippen LogP contribution in [-0.4, -0.2) is 51.0 Å². The molecule has 174 valence electrons. The Balaban J connectivity index is 1.45. The molecule has 1 aliphatic rings. The number of aryl methyl sites for hydroxylation is 1. The molecule has 7 nitrogen and oxygen atoms in total. The monoisotopic (exact) mass is 480 g/mol. The molecule has 1 unspecified atom stereocenters. The van der Waals surface area contributed by atoms with Gasteiger partial charge < -0.3 is 14.8 Å². The Morgan fingerprint density at radius 2 is 1.78 bits per heavy atom. The fourth-order valence-electron chi connectivity index (χ4n) is 3.42. The van der Waals surface area contributed by atoms with Crippen molar-refractivity contribution >= 4 is 27.5 Å². The summed E-state index contributed by atoms with van der Waals surface area (Å²) in [5.41, 5.74) is 0.882. The third-order valence-corrected chi connectivity index (χ3v) is 7.60. The second kappa shape index (κ2) is 11.0. The van der Waals surface area contributed by atoms with E-state index in [4.69, 9.17) is 21.1 Å². The van der Waals surface area contributed by atoms with E-state index in [1.54, 1.807) is 42.5 Å². The highest BCUT2D eigenvalue weighted by atomic mass is 35.5. The predicted octanol–water partition coefficient (Wildman–Crippen LogP) is 3.79. The number of ether oxygens (including phenoxy) is 2. The minimum absolute atomic E-state index is 0.226. The fraction of sp³-hybridized carbons (Fsp3) is 0.435. The van der Waals surface area contributed by atoms with Crippen LogP contribution in [0.5, 0.6) is 11.5 Å². The summed E-state index contributed by atoms with van der Waals surface area (Å²) in [6, 6.07) is 11.6. The molecule has 1 saturated heterocycles. The van der Waals surface area contributed by atoms with E-state index in [1.165, 1.54) is 4.31 Å². The maximum atomic E-state index is 12.6. The van der Waals surface area contributed by atoms with E-state index in [0.717, 1.165) is 18.4 Å². The van der Waals surface area contributed by atoms with Gasteiger partial charge in [-0.1, -0.05) is 18.5 Å². The Morgan fingerprint density at radius 1 is 1.12 bits per heavy atom. The van der Waals surface area contributed by atoms with Gasteiger partial charge in [-0.15, -0.1) is 0 Å². The highest BCUT2D eigenvalue weighted by molar-refractivity contribution is 7.89. The first kappa shape index (κ1) is 24.4. The number of halogens is 1. The van der Waals surface area contributed by atoms with Crippen LogP contribution in [-0.2, 0) is 14.8 Å². The zero-order chi connectivity index (χ0) is 23.1. The number of rotatable bonds is 10. The van der Waals surface area contributed by atoms with Crippen molar-refractivity contribution in [1.82, 2.24) is 9.62 Å². The molecule has 1 atom stereocenters. The van der Waals surface area contributed by atoms with Gasteiger partial charge in [0.1, 0.15) is 18.1 Å². The number of benzene rings is 2. The van der Waals surface area contributed by atoms with Crippen LogP contribution in [0, 0.1) is 6.92 Å². The average molecular weight is 481 g/mol. The molecule has 1 N–H and O–H groups in total. The molecule has 1 heterocycles. The van der Waals surface area contributed by atoms with E-state index in [2.05, 4.69) is 5.32 Å². The van der Waals surface area contributed by atoms with E-state index < -0.39 is 16.1 Å². The van der Waals surface area contributed by atoms with E-state index in [0.29, 0.717) is 42.6 Å². The Labute approximate surface area is 194 Å². The van der Waals surface area contributed by atoms with Crippen LogP contribution in [0.1, 0.15) is 31.7 Å². The molecule has 0 saturated carbocycles. The smallest absolute Gasteiger partial charge is 0.261 e. The summed E-state index contributed by atoms with van der Waals surface area (Å²) < 4.78 is 38.1. The molecule has 1 fully saturated rings. The molecular formula is C23H29ClN2O5S. The maximum Gasteiger partial charge on any atom is 0.261 e. The third-order valence-electron chi connectivity index (χ3n) is 5.27. The Hall–Kier alpha value is -2.29. The number of carbonyl (C=O) groups is 1. The van der Waals surface area contributed by atoms with Crippen molar-refractivity contribution in [3.63, 3.8) is 0 Å². The van der Waals surface area contributed by atoms with Crippen molar-refractivity contribution in [2.75, 3.05) is 26.2 Å². The molecule has 2 aromatic rings. The normalized spacial score (nSPS) is 15.3. The Bertz CT molecular complexity index is 1020. The van der Waals surface area contributed by atoms with Gasteiger partial charge in [0.15, 0.2) is 6.10 Å². The van der Waals surface area contributed by atoms with Gasteiger partial charge >= 0.3 is 0 Å². The van der Waals surface area contributed by atoms with Crippen LogP contribution >= 0.6 is 11.6 Å². The van der Waals surface area contributed by atoms with Crippen molar-refractivity contribution in [3.05, 3.63) is 53.1 Å². The van der Waals surface area contributed by atoms with Gasteiger partial charge in [0.2, 0.25) is 10.0 Å². The molecule has 1 amide bonds. The van der Waals surface area contributed by atoms with Crippen molar-refractivity contribution in [3.8, 4) is 11.5 Å². The molecule has 1 aliphatic heterocycles. The zero-order valence-corrected chi connectivity index (χ0v) is 19.9. The van der Waals surface area contributed by atoms with Gasteiger partial charge in [0.05, 0.1) is 11.4 Å². The topological polar surface area (TPSA) is 84.9 Å². The van der Waals surface area contributed by atoms with Crippen LogP contribution in [0.25, 0.3) is 0 Å². The lowest BCUT2D eigenvalue weighted by Crippen LogP contribution is -2.39. The van der Waals surface area contributed by atoms with Crippen LogP contribution in [0.2, 0.25) is 5.02 Å². The number of carbonyl (C=O) groups excluding carboxylic acids is 1. The summed E-state index contributed by atoms with van der Waals surface area (Å²) in [7, 11) is -3.44. The number of nitrogens with zero attached hydrogens (tertiary/aromatic N) is 1. The molecule has 0 spiro atoms. The van der Waals surface area contributed by atoms with Gasteiger partial charge in [-0.3, -0.25) is 4.79 Å². The van der Waals surface area contributed by atoms with Crippen molar-refractivity contribution in [1.29, 1.82) is 0 Å². The standard InChI is InChI=1S/C23H29ClN2O5S/c1-3-22(31-19-8-11-21(24)17(2)16-19)23(27)25-12-15-30-18-6-9-20(10-7-18)32(28,29)26-13-4-5-14-26/h6-11,16,22H,3-5,12-15H2,1-2H3,(H,25,27). The fourth-order valence-corrected chi connectivity index (χ4v) is 5.05. The third kappa shape index (κ3) is 6.15. The van der Waals surface area contributed by atoms with E-state index >= 15 is 0 Å². The summed E-state index contributed by atoms with van der Waals surface area (Å²) >= 11 is 6.03. The highest BCUT2D eigenvalue weighted by Gasteiger charge is 2.27. The number of amides is 1. The second-order valence-electron chi connectivity index (χ2n) is 7.65. The molecular weight excluding hydrogens is 452 g/mol. The number of sulfonamides is 1. The van der Waals surface area contributed by atoms with Gasteiger partial charge in [0.25, 0.3) is 5.91 Å². The van der Waals surface area contributed by atoms with Crippen LogP contribution < -0.4 is 14.8 Å². The molecule has 3 rings (SSSR count). The largest absolute Gasteiger partial charge is 0.492 e. The Kier molecular flexibility index (Phi) is 8.39. The number of hydrogen-bond acceptors (Lipinski definition) is 5. The summed E-state index contributed by atoms with van der Waals surface area (Å²) in [6.07, 6.45) is 1.69. The molecule has 0 bridgehead atoms. The van der Waals surface area contributed by atoms with Gasteiger partial charge in [0, 0.05) is 18.1 Å². The van der Waals surface area contributed by atoms with E-state index in [-0.39, 0.29) is 17.4 Å². The SMILES string of the molecule is CCC(Oc1ccc(Cl)c(C)c1)C(=O)NCCOc1ccc(S(=O)(=O)N2CCCC2)cc1. The van der Waals surface area contributed by atoms with Crippen molar-refractivity contribution in [2.24, 2.45) is 0 Å². The second-order valence-corrected chi connectivity index (χ2v) is 9.99. The predicted molar refractivity (Wildman–Crippen MR) is 124 cm³/mol. The lowest BCUT2D eigenvalue weighted by molar-refractivity contribution is -0.128. The molecule has 9 heteroatoms. The minimum atomic E-state index is -3.44. The maximum absolute atomic E-state index is 12.6. The quantitative estimate of drug-likeness (QED) is 0.523. The lowest BCUT2D eigenvalue weighted by atomic mass is 10.2. The van der Waals surface area contributed by atoms with Crippen LogP contribution in [0.15, 0.2) is 47.4 Å². The highest BCUT2D eigenvalue weighted by Crippen LogP contribution is 2.23. The van der Waals surface area contributed by atoms with Crippen molar-refractivity contribution in [2.45, 2.75) is 44.1 Å². The summed E-state index contributed by atoms with van der Waals surface area (Å²) in [5, 5.41) is 3.45. The van der Waals surface area contributed by atoms with Gasteiger partial charge in [-0.2, -0.15) is 4.31 Å². The van der Waals surface area contributed by atoms with Crippen LogP contribution in [0.3, 0.4) is 0 Å². The number of nitrogens with one attached hydrogen (secondary N) is 1. The first-order valence-electron chi connectivity index (χ1n) is 10.7. The molecule has 0 aliphatic carbocycles. The molecule has 0 aromatic heterocycles. The lowest BCUT2D eigenvalue weighted by Gasteiger charge is -2.18. The Morgan fingerprint density at radius 3 is 2.41 bits per heavy atom. The molecule has 32 heavy (non-hydrogen) atoms. The van der Waals surface area contributed by atoms with Crippen LogP contribution in [0.4, 0.5) is 0 Å². The molecule has 0 radical (unpaired) electrons. The van der Waals surface area contributed by atoms with Gasteiger partial charge in [-0.05, 0) is 74.2 Å². The van der Waals surface area contributed by atoms with Crippen molar-refractivity contribution < 1.29 is 22.7 Å². The first-order chi connectivity index (χ1) is 15.3. The van der Waals surface area contributed by atoms with Gasteiger partial charge in [-0.25, -0.2) is 8.42 Å². The minimum Gasteiger partial charge on any atom is -0.492 e. The first-order valence-corrected chi connectivity index (χ1v) is 12.6. The average Bonchev–Trinajstić information content (AvgIpc) is 3.33. The number of hydrogen-bond donors (Lipinski definition) is 1. The molecule has 2 aromatic carbocycles. The van der Waals surface area contributed by atoms with E-state index in [9.17, 15) is 13.2 Å².